The lowest BCUT2D eigenvalue weighted by molar-refractivity contribution is -0.119. The van der Waals surface area contributed by atoms with Crippen LogP contribution in [0, 0.1) is 19.8 Å². The third-order valence-corrected chi connectivity index (χ3v) is 5.35. The van der Waals surface area contributed by atoms with Gasteiger partial charge in [-0.05, 0) is 45.4 Å². The number of aryl methyl sites for hydroxylation is 2. The number of nitrogens with one attached hydrogen (secondary N) is 1. The summed E-state index contributed by atoms with van der Waals surface area (Å²) in [7, 11) is -1.22. The lowest BCUT2D eigenvalue weighted by Crippen LogP contribution is -2.39. The summed E-state index contributed by atoms with van der Waals surface area (Å²) in [5.41, 5.74) is 1.61. The van der Waals surface area contributed by atoms with E-state index in [2.05, 4.69) is 17.4 Å². The van der Waals surface area contributed by atoms with Crippen molar-refractivity contribution < 1.29 is 13.5 Å². The van der Waals surface area contributed by atoms with E-state index in [1.165, 1.54) is 0 Å². The van der Waals surface area contributed by atoms with Crippen molar-refractivity contribution in [2.24, 2.45) is 5.92 Å². The monoisotopic (exact) mass is 312 g/mol. The predicted octanol–water partition coefficient (Wildman–Crippen LogP) is 2.24. The first-order valence-electron chi connectivity index (χ1n) is 7.51. The normalized spacial score (nSPS) is 23.8. The molecule has 5 nitrogen and oxygen atoms in total. The maximum Gasteiger partial charge on any atom is 0.232 e. The average molecular weight is 312 g/mol. The van der Waals surface area contributed by atoms with Crippen molar-refractivity contribution >= 4 is 16.7 Å². The van der Waals surface area contributed by atoms with Crippen molar-refractivity contribution in [3.05, 3.63) is 17.0 Å². The summed E-state index contributed by atoms with van der Waals surface area (Å²) in [6.45, 7) is 5.87. The van der Waals surface area contributed by atoms with Crippen LogP contribution in [0.25, 0.3) is 0 Å². The quantitative estimate of drug-likeness (QED) is 0.905. The van der Waals surface area contributed by atoms with Gasteiger partial charge in [0.05, 0.1) is 11.4 Å². The van der Waals surface area contributed by atoms with Crippen LogP contribution in [-0.2, 0) is 21.3 Å². The summed E-state index contributed by atoms with van der Waals surface area (Å²) in [5, 5.41) is 6.85. The first-order chi connectivity index (χ1) is 9.95. The zero-order valence-corrected chi connectivity index (χ0v) is 13.8. The van der Waals surface area contributed by atoms with Crippen LogP contribution < -0.4 is 5.32 Å². The zero-order chi connectivity index (χ0) is 15.4. The van der Waals surface area contributed by atoms with Crippen molar-refractivity contribution in [3.63, 3.8) is 0 Å². The van der Waals surface area contributed by atoms with E-state index in [1.807, 2.05) is 6.92 Å². The molecule has 0 bridgehead atoms. The van der Waals surface area contributed by atoms with Gasteiger partial charge in [0, 0.05) is 22.4 Å². The molecule has 1 saturated carbocycles. The minimum absolute atomic E-state index is 0.0517. The number of carbonyl (C=O) groups excluding carboxylic acids is 1. The van der Waals surface area contributed by atoms with Gasteiger partial charge in [0.25, 0.3) is 0 Å². The van der Waals surface area contributed by atoms with Crippen LogP contribution in [0.5, 0.6) is 0 Å². The van der Waals surface area contributed by atoms with E-state index in [0.29, 0.717) is 11.5 Å². The van der Waals surface area contributed by atoms with Crippen LogP contribution in [0.4, 0.5) is 0 Å². The Kier molecular flexibility index (Phi) is 5.56. The molecule has 1 aliphatic rings. The van der Waals surface area contributed by atoms with Gasteiger partial charge >= 0.3 is 0 Å². The molecule has 6 heteroatoms. The largest absolute Gasteiger partial charge is 0.361 e. The summed E-state index contributed by atoms with van der Waals surface area (Å²) < 4.78 is 17.1. The number of nitrogens with zero attached hydrogens (tertiary/aromatic N) is 1. The molecule has 2 rings (SSSR count). The molecular formula is C15H24N2O3S. The van der Waals surface area contributed by atoms with Gasteiger partial charge in [-0.2, -0.15) is 0 Å². The summed E-state index contributed by atoms with van der Waals surface area (Å²) in [5.74, 6) is 1.71. The van der Waals surface area contributed by atoms with E-state index in [0.717, 1.165) is 42.9 Å². The van der Waals surface area contributed by atoms with Gasteiger partial charge in [0.1, 0.15) is 11.5 Å². The number of aromatic nitrogens is 1. The van der Waals surface area contributed by atoms with Crippen molar-refractivity contribution in [3.8, 4) is 0 Å². The Bertz CT molecular complexity index is 499. The summed E-state index contributed by atoms with van der Waals surface area (Å²) in [4.78, 5) is 12.0. The molecule has 1 heterocycles. The van der Waals surface area contributed by atoms with Crippen LogP contribution in [0.1, 0.15) is 49.6 Å². The second-order valence-electron chi connectivity index (χ2n) is 6.06. The summed E-state index contributed by atoms with van der Waals surface area (Å²) in [6, 6.07) is 0.254. The van der Waals surface area contributed by atoms with Crippen LogP contribution in [0.3, 0.4) is 0 Å². The minimum Gasteiger partial charge on any atom is -0.361 e. The maximum absolute atomic E-state index is 12.1. The van der Waals surface area contributed by atoms with Crippen LogP contribution in [0.2, 0.25) is 0 Å². The highest BCUT2D eigenvalue weighted by atomic mass is 32.2. The van der Waals surface area contributed by atoms with Gasteiger partial charge in [0.15, 0.2) is 0 Å². The molecule has 1 fully saturated rings. The van der Waals surface area contributed by atoms with Gasteiger partial charge in [0.2, 0.25) is 5.91 Å². The van der Waals surface area contributed by atoms with E-state index in [4.69, 9.17) is 4.52 Å². The molecule has 1 aromatic heterocycles. The topological polar surface area (TPSA) is 72.2 Å². The fourth-order valence-corrected chi connectivity index (χ4v) is 3.95. The molecule has 1 amide bonds. The highest BCUT2D eigenvalue weighted by molar-refractivity contribution is 7.84. The first kappa shape index (κ1) is 16.2. The van der Waals surface area contributed by atoms with Gasteiger partial charge in [-0.3, -0.25) is 9.00 Å². The molecule has 0 radical (unpaired) electrons. The van der Waals surface area contributed by atoms with E-state index < -0.39 is 10.8 Å². The van der Waals surface area contributed by atoms with Gasteiger partial charge < -0.3 is 9.84 Å². The highest BCUT2D eigenvalue weighted by Gasteiger charge is 2.21. The van der Waals surface area contributed by atoms with Crippen molar-refractivity contribution in [2.75, 3.05) is 5.75 Å². The lowest BCUT2D eigenvalue weighted by atomic mass is 9.87. The van der Waals surface area contributed by atoms with E-state index >= 15 is 0 Å². The Morgan fingerprint density at radius 2 is 2.00 bits per heavy atom. The number of hydrogen-bond acceptors (Lipinski definition) is 4. The fourth-order valence-electron chi connectivity index (χ4n) is 2.74. The third kappa shape index (κ3) is 4.66. The SMILES string of the molecule is Cc1noc(C)c1C[S@](=O)CC(=O)NC1CCC(C)CC1. The van der Waals surface area contributed by atoms with Crippen molar-refractivity contribution in [2.45, 2.75) is 58.2 Å². The van der Waals surface area contributed by atoms with Crippen molar-refractivity contribution in [1.82, 2.24) is 10.5 Å². The highest BCUT2D eigenvalue weighted by Crippen LogP contribution is 2.23. The second kappa shape index (κ2) is 7.20. The van der Waals surface area contributed by atoms with Crippen LogP contribution in [-0.4, -0.2) is 27.1 Å². The Morgan fingerprint density at radius 3 is 2.57 bits per heavy atom. The lowest BCUT2D eigenvalue weighted by Gasteiger charge is -2.26. The van der Waals surface area contributed by atoms with Gasteiger partial charge in [-0.1, -0.05) is 12.1 Å². The molecular weight excluding hydrogens is 288 g/mol. The van der Waals surface area contributed by atoms with Gasteiger partial charge in [-0.25, -0.2) is 0 Å². The Hall–Kier alpha value is -1.17. The van der Waals surface area contributed by atoms with Gasteiger partial charge in [-0.15, -0.1) is 0 Å². The third-order valence-electron chi connectivity index (χ3n) is 4.16. The number of rotatable bonds is 5. The molecule has 0 aromatic carbocycles. The molecule has 0 spiro atoms. The van der Waals surface area contributed by atoms with E-state index in [1.54, 1.807) is 6.92 Å². The molecule has 0 saturated heterocycles. The molecule has 1 N–H and O–H groups in total. The fraction of sp³-hybridized carbons (Fsp3) is 0.733. The molecule has 0 unspecified atom stereocenters. The molecule has 118 valence electrons. The first-order valence-corrected chi connectivity index (χ1v) is 9.00. The molecule has 1 aliphatic carbocycles. The summed E-state index contributed by atoms with van der Waals surface area (Å²) in [6.07, 6.45) is 4.38. The molecule has 1 atom stereocenters. The second-order valence-corrected chi connectivity index (χ2v) is 7.51. The van der Waals surface area contributed by atoms with Crippen molar-refractivity contribution in [1.29, 1.82) is 0 Å². The number of amides is 1. The molecule has 0 aliphatic heterocycles. The Balaban J connectivity index is 1.78. The summed E-state index contributed by atoms with van der Waals surface area (Å²) >= 11 is 0. The Morgan fingerprint density at radius 1 is 1.33 bits per heavy atom. The molecule has 21 heavy (non-hydrogen) atoms. The minimum atomic E-state index is -1.22. The average Bonchev–Trinajstić information content (AvgIpc) is 2.73. The number of carbonyl (C=O) groups is 1. The maximum atomic E-state index is 12.1. The van der Waals surface area contributed by atoms with E-state index in [9.17, 15) is 9.00 Å². The number of hydrogen-bond donors (Lipinski definition) is 1. The van der Waals surface area contributed by atoms with Crippen LogP contribution in [0.15, 0.2) is 4.52 Å². The molecule has 1 aromatic rings. The standard InChI is InChI=1S/C15H24N2O3S/c1-10-4-6-13(7-5-10)16-15(18)9-21(19)8-14-11(2)17-20-12(14)3/h10,13H,4-9H2,1-3H3,(H,16,18)/t10?,13?,21-/m0/s1. The Labute approximate surface area is 128 Å². The smallest absolute Gasteiger partial charge is 0.232 e. The predicted molar refractivity (Wildman–Crippen MR) is 82.3 cm³/mol. The van der Waals surface area contributed by atoms with E-state index in [-0.39, 0.29) is 17.7 Å². The zero-order valence-electron chi connectivity index (χ0n) is 13.0. The van der Waals surface area contributed by atoms with Crippen LogP contribution >= 0.6 is 0 Å².